The number of amides is 1. The van der Waals surface area contributed by atoms with Crippen LogP contribution in [-0.2, 0) is 4.79 Å². The molecule has 0 aliphatic carbocycles. The molecule has 142 valence electrons. The molecular weight excluding hydrogens is 360 g/mol. The first-order valence-electron chi connectivity index (χ1n) is 9.57. The number of benzene rings is 1. The van der Waals surface area contributed by atoms with Gasteiger partial charge in [0.15, 0.2) is 0 Å². The summed E-state index contributed by atoms with van der Waals surface area (Å²) in [7, 11) is 1.67. The Bertz CT molecular complexity index is 869. The predicted octanol–water partition coefficient (Wildman–Crippen LogP) is 4.38. The Morgan fingerprint density at radius 1 is 1.44 bits per heavy atom. The number of hydrogen-bond donors (Lipinski definition) is 0. The minimum absolute atomic E-state index is 0.179. The van der Waals surface area contributed by atoms with E-state index in [1.807, 2.05) is 30.5 Å². The molecule has 4 rings (SSSR count). The molecule has 4 atom stereocenters. The molecule has 0 saturated carbocycles. The van der Waals surface area contributed by atoms with Crippen molar-refractivity contribution in [2.45, 2.75) is 31.2 Å². The van der Waals surface area contributed by atoms with Gasteiger partial charge < -0.3 is 9.64 Å². The Morgan fingerprint density at radius 3 is 3.04 bits per heavy atom. The largest absolute Gasteiger partial charge is 0.497 e. The average Bonchev–Trinajstić information content (AvgIpc) is 3.04. The van der Waals surface area contributed by atoms with Crippen LogP contribution in [0.3, 0.4) is 0 Å². The number of fused-ring (bicyclic) bond motifs is 2. The number of methoxy groups -OCH3 is 1. The van der Waals surface area contributed by atoms with Gasteiger partial charge in [0.25, 0.3) is 0 Å². The van der Waals surface area contributed by atoms with Gasteiger partial charge in [0.05, 0.1) is 12.6 Å². The first-order chi connectivity index (χ1) is 13.2. The van der Waals surface area contributed by atoms with Gasteiger partial charge in [-0.2, -0.15) is 0 Å². The molecule has 1 aromatic carbocycles. The van der Waals surface area contributed by atoms with Crippen molar-refractivity contribution in [1.29, 1.82) is 0 Å². The van der Waals surface area contributed by atoms with Crippen molar-refractivity contribution in [1.82, 2.24) is 9.88 Å². The molecule has 2 fully saturated rings. The number of alkyl halides is 1. The van der Waals surface area contributed by atoms with Crippen molar-refractivity contribution in [3.63, 3.8) is 0 Å². The van der Waals surface area contributed by atoms with Gasteiger partial charge in [-0.05, 0) is 54.5 Å². The SMILES string of the molecule is C=C[C@@H](CCl)[C@H]1CCN2C(=O)C[C@@H](c3ccnc4ccc(OC)cc34)[C@@H]2C1. The molecule has 0 spiro atoms. The minimum atomic E-state index is 0.179. The first kappa shape index (κ1) is 18.3. The number of carbonyl (C=O) groups excluding carboxylic acids is 1. The molecular formula is C22H25ClN2O2. The molecule has 4 nitrogen and oxygen atoms in total. The lowest BCUT2D eigenvalue weighted by Gasteiger charge is -2.39. The highest BCUT2D eigenvalue weighted by Crippen LogP contribution is 2.44. The highest BCUT2D eigenvalue weighted by molar-refractivity contribution is 6.18. The van der Waals surface area contributed by atoms with Crippen molar-refractivity contribution in [3.8, 4) is 5.75 Å². The Hall–Kier alpha value is -2.07. The van der Waals surface area contributed by atoms with Gasteiger partial charge in [-0.1, -0.05) is 6.08 Å². The summed E-state index contributed by atoms with van der Waals surface area (Å²) in [6.07, 6.45) is 6.37. The smallest absolute Gasteiger partial charge is 0.223 e. The summed E-state index contributed by atoms with van der Waals surface area (Å²) in [5, 5.41) is 1.08. The van der Waals surface area contributed by atoms with Gasteiger partial charge in [-0.15, -0.1) is 18.2 Å². The van der Waals surface area contributed by atoms with Gasteiger partial charge >= 0.3 is 0 Å². The molecule has 27 heavy (non-hydrogen) atoms. The zero-order chi connectivity index (χ0) is 19.0. The Balaban J connectivity index is 1.72. The molecule has 3 heterocycles. The van der Waals surface area contributed by atoms with E-state index >= 15 is 0 Å². The second-order valence-electron chi connectivity index (χ2n) is 7.59. The van der Waals surface area contributed by atoms with E-state index in [2.05, 4.69) is 22.5 Å². The summed E-state index contributed by atoms with van der Waals surface area (Å²) < 4.78 is 5.41. The Morgan fingerprint density at radius 2 is 2.30 bits per heavy atom. The second kappa shape index (κ2) is 7.51. The van der Waals surface area contributed by atoms with Crippen LogP contribution in [0.4, 0.5) is 0 Å². The van der Waals surface area contributed by atoms with Crippen LogP contribution < -0.4 is 4.74 Å². The number of aromatic nitrogens is 1. The zero-order valence-corrected chi connectivity index (χ0v) is 16.4. The fourth-order valence-electron chi connectivity index (χ4n) is 4.84. The van der Waals surface area contributed by atoms with Crippen LogP contribution >= 0.6 is 11.6 Å². The number of allylic oxidation sites excluding steroid dienone is 1. The number of hydrogen-bond acceptors (Lipinski definition) is 3. The monoisotopic (exact) mass is 384 g/mol. The van der Waals surface area contributed by atoms with Gasteiger partial charge in [-0.25, -0.2) is 0 Å². The number of ether oxygens (including phenoxy) is 1. The number of rotatable bonds is 5. The fraction of sp³-hybridized carbons (Fsp3) is 0.455. The highest BCUT2D eigenvalue weighted by Gasteiger charge is 2.45. The Kier molecular flexibility index (Phi) is 5.09. The number of carbonyl (C=O) groups is 1. The van der Waals surface area contributed by atoms with Crippen LogP contribution in [0.5, 0.6) is 5.75 Å². The van der Waals surface area contributed by atoms with Crippen molar-refractivity contribution in [2.24, 2.45) is 11.8 Å². The third kappa shape index (κ3) is 3.20. The fourth-order valence-corrected chi connectivity index (χ4v) is 5.22. The van der Waals surface area contributed by atoms with Crippen molar-refractivity contribution < 1.29 is 9.53 Å². The van der Waals surface area contributed by atoms with E-state index in [0.717, 1.165) is 36.0 Å². The summed E-state index contributed by atoms with van der Waals surface area (Å²) in [4.78, 5) is 19.3. The van der Waals surface area contributed by atoms with Crippen molar-refractivity contribution in [3.05, 3.63) is 48.7 Å². The summed E-state index contributed by atoms with van der Waals surface area (Å²) in [6.45, 7) is 4.78. The quantitative estimate of drug-likeness (QED) is 0.567. The summed E-state index contributed by atoms with van der Waals surface area (Å²) >= 11 is 6.16. The highest BCUT2D eigenvalue weighted by atomic mass is 35.5. The van der Waals surface area contributed by atoms with E-state index in [4.69, 9.17) is 16.3 Å². The van der Waals surface area contributed by atoms with E-state index in [1.54, 1.807) is 7.11 Å². The van der Waals surface area contributed by atoms with Gasteiger partial charge in [-0.3, -0.25) is 9.78 Å². The van der Waals surface area contributed by atoms with E-state index in [9.17, 15) is 4.79 Å². The third-order valence-electron chi connectivity index (χ3n) is 6.33. The molecule has 2 aliphatic rings. The number of nitrogens with zero attached hydrogens (tertiary/aromatic N) is 2. The standard InChI is InChI=1S/C22H25ClN2O2/c1-3-14(13-23)15-7-9-25-21(10-15)19(12-22(25)26)17-6-8-24-20-5-4-16(27-2)11-18(17)20/h3-6,8,11,14-15,19,21H,1,7,9-10,12-13H2,2H3/t14-,15-,19-,21-/m0/s1. The lowest BCUT2D eigenvalue weighted by molar-refractivity contribution is -0.130. The van der Waals surface area contributed by atoms with Crippen molar-refractivity contribution >= 4 is 28.4 Å². The second-order valence-corrected chi connectivity index (χ2v) is 7.90. The molecule has 0 unspecified atom stereocenters. The van der Waals surface area contributed by atoms with Crippen LogP contribution in [0.15, 0.2) is 43.1 Å². The maximum Gasteiger partial charge on any atom is 0.223 e. The molecule has 0 radical (unpaired) electrons. The number of piperidine rings is 1. The van der Waals surface area contributed by atoms with Crippen LogP contribution in [0.2, 0.25) is 0 Å². The van der Waals surface area contributed by atoms with E-state index in [0.29, 0.717) is 24.1 Å². The van der Waals surface area contributed by atoms with Gasteiger partial charge in [0, 0.05) is 42.4 Å². The van der Waals surface area contributed by atoms with E-state index in [1.165, 1.54) is 5.56 Å². The van der Waals surface area contributed by atoms with E-state index < -0.39 is 0 Å². The first-order valence-corrected chi connectivity index (χ1v) is 10.1. The topological polar surface area (TPSA) is 42.4 Å². The summed E-state index contributed by atoms with van der Waals surface area (Å²) in [6, 6.07) is 8.24. The van der Waals surface area contributed by atoms with Gasteiger partial charge in [0.1, 0.15) is 5.75 Å². The molecule has 0 bridgehead atoms. The predicted molar refractivity (Wildman–Crippen MR) is 108 cm³/mol. The van der Waals surface area contributed by atoms with Crippen LogP contribution in [0, 0.1) is 11.8 Å². The minimum Gasteiger partial charge on any atom is -0.497 e. The molecule has 5 heteroatoms. The van der Waals surface area contributed by atoms with Crippen molar-refractivity contribution in [2.75, 3.05) is 19.5 Å². The summed E-state index contributed by atoms with van der Waals surface area (Å²) in [5.41, 5.74) is 2.14. The van der Waals surface area contributed by atoms with Crippen LogP contribution in [0.1, 0.15) is 30.7 Å². The maximum atomic E-state index is 12.7. The number of halogens is 1. The molecule has 2 aromatic rings. The van der Waals surface area contributed by atoms with E-state index in [-0.39, 0.29) is 17.9 Å². The molecule has 1 amide bonds. The molecule has 2 saturated heterocycles. The van der Waals surface area contributed by atoms with Crippen LogP contribution in [0.25, 0.3) is 10.9 Å². The molecule has 0 N–H and O–H groups in total. The molecule has 2 aliphatic heterocycles. The van der Waals surface area contributed by atoms with Crippen LogP contribution in [-0.4, -0.2) is 41.4 Å². The van der Waals surface area contributed by atoms with Gasteiger partial charge in [0.2, 0.25) is 5.91 Å². The lowest BCUT2D eigenvalue weighted by Crippen LogP contribution is -2.43. The third-order valence-corrected chi connectivity index (χ3v) is 6.69. The lowest BCUT2D eigenvalue weighted by atomic mass is 9.77. The Labute approximate surface area is 165 Å². The molecule has 1 aromatic heterocycles. The summed E-state index contributed by atoms with van der Waals surface area (Å²) in [5.74, 6) is 2.63. The average molecular weight is 385 g/mol. The normalized spacial score (nSPS) is 26.1. The number of pyridine rings is 1. The maximum absolute atomic E-state index is 12.7. The zero-order valence-electron chi connectivity index (χ0n) is 15.6.